The third-order valence-corrected chi connectivity index (χ3v) is 5.25. The molecule has 0 aromatic heterocycles. The number of ether oxygens (including phenoxy) is 1. The molecule has 100 valence electrons. The maximum Gasteiger partial charge on any atom is 0.151 e. The molecule has 2 aliphatic rings. The summed E-state index contributed by atoms with van der Waals surface area (Å²) in [5, 5.41) is 3.36. The van der Waals surface area contributed by atoms with Crippen LogP contribution >= 0.6 is 0 Å². The van der Waals surface area contributed by atoms with Gasteiger partial charge in [0.25, 0.3) is 0 Å². The standard InChI is InChI=1S/C11H22N2O3S/c14-17(15)9-1-2-11(10-17)12-3-4-13-5-7-16-8-6-13/h11-12H,1-10H2. The smallest absolute Gasteiger partial charge is 0.151 e. The molecule has 0 aliphatic carbocycles. The van der Waals surface area contributed by atoms with Crippen LogP contribution in [0, 0.1) is 0 Å². The van der Waals surface area contributed by atoms with E-state index in [0.717, 1.165) is 52.2 Å². The quantitative estimate of drug-likeness (QED) is 0.739. The van der Waals surface area contributed by atoms with Gasteiger partial charge in [0.15, 0.2) is 9.84 Å². The van der Waals surface area contributed by atoms with E-state index in [-0.39, 0.29) is 6.04 Å². The van der Waals surface area contributed by atoms with Crippen molar-refractivity contribution in [2.75, 3.05) is 50.9 Å². The predicted molar refractivity (Wildman–Crippen MR) is 66.9 cm³/mol. The zero-order valence-electron chi connectivity index (χ0n) is 10.2. The van der Waals surface area contributed by atoms with Gasteiger partial charge in [0.1, 0.15) is 0 Å². The van der Waals surface area contributed by atoms with Gasteiger partial charge >= 0.3 is 0 Å². The number of rotatable bonds is 4. The number of sulfone groups is 1. The van der Waals surface area contributed by atoms with Crippen LogP contribution in [-0.2, 0) is 14.6 Å². The Morgan fingerprint density at radius 1 is 1.29 bits per heavy atom. The molecule has 5 nitrogen and oxygen atoms in total. The highest BCUT2D eigenvalue weighted by Crippen LogP contribution is 2.11. The van der Waals surface area contributed by atoms with Crippen LogP contribution in [0.1, 0.15) is 12.8 Å². The van der Waals surface area contributed by atoms with Crippen molar-refractivity contribution in [3.63, 3.8) is 0 Å². The highest BCUT2D eigenvalue weighted by atomic mass is 32.2. The first-order chi connectivity index (χ1) is 8.16. The lowest BCUT2D eigenvalue weighted by molar-refractivity contribution is 0.0381. The third-order valence-electron chi connectivity index (χ3n) is 3.43. The van der Waals surface area contributed by atoms with E-state index in [9.17, 15) is 8.42 Å². The van der Waals surface area contributed by atoms with Crippen LogP contribution in [0.3, 0.4) is 0 Å². The summed E-state index contributed by atoms with van der Waals surface area (Å²) in [5.74, 6) is 0.685. The fraction of sp³-hybridized carbons (Fsp3) is 1.00. The Kier molecular flexibility index (Phi) is 4.78. The molecule has 2 saturated heterocycles. The number of hydrogen-bond donors (Lipinski definition) is 1. The van der Waals surface area contributed by atoms with E-state index in [1.54, 1.807) is 0 Å². The fourth-order valence-corrected chi connectivity index (χ4v) is 4.11. The maximum absolute atomic E-state index is 11.5. The van der Waals surface area contributed by atoms with Crippen LogP contribution < -0.4 is 5.32 Å². The molecule has 0 radical (unpaired) electrons. The Morgan fingerprint density at radius 2 is 2.06 bits per heavy atom. The summed E-state index contributed by atoms with van der Waals surface area (Å²) in [6.45, 7) is 5.48. The van der Waals surface area contributed by atoms with E-state index < -0.39 is 9.84 Å². The van der Waals surface area contributed by atoms with Gasteiger partial charge in [-0.2, -0.15) is 0 Å². The molecular formula is C11H22N2O3S. The van der Waals surface area contributed by atoms with E-state index in [1.165, 1.54) is 0 Å². The molecule has 2 rings (SSSR count). The molecule has 0 bridgehead atoms. The highest BCUT2D eigenvalue weighted by Gasteiger charge is 2.24. The minimum absolute atomic E-state index is 0.162. The van der Waals surface area contributed by atoms with Crippen molar-refractivity contribution in [2.24, 2.45) is 0 Å². The fourth-order valence-electron chi connectivity index (χ4n) is 2.44. The average Bonchev–Trinajstić information content (AvgIpc) is 2.29. The molecule has 0 saturated carbocycles. The number of nitrogens with one attached hydrogen (secondary N) is 1. The van der Waals surface area contributed by atoms with Gasteiger partial charge in [-0.05, 0) is 12.8 Å². The maximum atomic E-state index is 11.5. The minimum atomic E-state index is -2.78. The summed E-state index contributed by atoms with van der Waals surface area (Å²) in [5.41, 5.74) is 0. The molecule has 6 heteroatoms. The summed E-state index contributed by atoms with van der Waals surface area (Å²) < 4.78 is 28.2. The van der Waals surface area contributed by atoms with Gasteiger partial charge in [-0.1, -0.05) is 0 Å². The second kappa shape index (κ2) is 6.13. The SMILES string of the molecule is O=S1(=O)CCCC(NCCN2CCOCC2)C1. The van der Waals surface area contributed by atoms with Crippen molar-refractivity contribution in [3.8, 4) is 0 Å². The summed E-state index contributed by atoms with van der Waals surface area (Å²) >= 11 is 0. The van der Waals surface area contributed by atoms with Gasteiger partial charge in [-0.15, -0.1) is 0 Å². The molecule has 0 aromatic carbocycles. The molecule has 0 aromatic rings. The normalized spacial score (nSPS) is 30.2. The van der Waals surface area contributed by atoms with Crippen LogP contribution in [0.4, 0.5) is 0 Å². The van der Waals surface area contributed by atoms with Crippen molar-refractivity contribution in [1.82, 2.24) is 10.2 Å². The number of morpholine rings is 1. The molecule has 0 amide bonds. The van der Waals surface area contributed by atoms with Crippen molar-refractivity contribution in [3.05, 3.63) is 0 Å². The van der Waals surface area contributed by atoms with Crippen LogP contribution in [0.2, 0.25) is 0 Å². The molecule has 1 atom stereocenters. The van der Waals surface area contributed by atoms with Gasteiger partial charge < -0.3 is 10.1 Å². The van der Waals surface area contributed by atoms with E-state index in [4.69, 9.17) is 4.74 Å². The summed E-state index contributed by atoms with van der Waals surface area (Å²) in [6.07, 6.45) is 1.79. The van der Waals surface area contributed by atoms with E-state index >= 15 is 0 Å². The van der Waals surface area contributed by atoms with E-state index in [1.807, 2.05) is 0 Å². The Labute approximate surface area is 103 Å². The van der Waals surface area contributed by atoms with Crippen molar-refractivity contribution in [1.29, 1.82) is 0 Å². The lowest BCUT2D eigenvalue weighted by atomic mass is 10.2. The largest absolute Gasteiger partial charge is 0.379 e. The first kappa shape index (κ1) is 13.3. The van der Waals surface area contributed by atoms with Gasteiger partial charge in [-0.25, -0.2) is 8.42 Å². The Hall–Kier alpha value is -0.170. The average molecular weight is 262 g/mol. The zero-order chi connectivity index (χ0) is 12.1. The van der Waals surface area contributed by atoms with Gasteiger partial charge in [0, 0.05) is 32.2 Å². The molecular weight excluding hydrogens is 240 g/mol. The van der Waals surface area contributed by atoms with Crippen LogP contribution in [-0.4, -0.2) is 70.3 Å². The zero-order valence-corrected chi connectivity index (χ0v) is 11.0. The molecule has 1 unspecified atom stereocenters. The minimum Gasteiger partial charge on any atom is -0.379 e. The Morgan fingerprint density at radius 3 is 2.76 bits per heavy atom. The van der Waals surface area contributed by atoms with Gasteiger partial charge in [0.2, 0.25) is 0 Å². The van der Waals surface area contributed by atoms with Crippen molar-refractivity contribution in [2.45, 2.75) is 18.9 Å². The molecule has 17 heavy (non-hydrogen) atoms. The lowest BCUT2D eigenvalue weighted by Crippen LogP contribution is -2.45. The van der Waals surface area contributed by atoms with Gasteiger partial charge in [0.05, 0.1) is 24.7 Å². The van der Waals surface area contributed by atoms with Crippen LogP contribution in [0.25, 0.3) is 0 Å². The first-order valence-corrected chi connectivity index (χ1v) is 8.22. The molecule has 2 fully saturated rings. The van der Waals surface area contributed by atoms with E-state index in [2.05, 4.69) is 10.2 Å². The predicted octanol–water partition coefficient (Wildman–Crippen LogP) is -0.515. The number of hydrogen-bond acceptors (Lipinski definition) is 5. The highest BCUT2D eigenvalue weighted by molar-refractivity contribution is 7.91. The van der Waals surface area contributed by atoms with Gasteiger partial charge in [-0.3, -0.25) is 4.90 Å². The Balaban J connectivity index is 1.64. The van der Waals surface area contributed by atoms with E-state index in [0.29, 0.717) is 11.5 Å². The first-order valence-electron chi connectivity index (χ1n) is 6.40. The lowest BCUT2D eigenvalue weighted by Gasteiger charge is -2.28. The molecule has 2 aliphatic heterocycles. The van der Waals surface area contributed by atoms with Crippen molar-refractivity contribution < 1.29 is 13.2 Å². The Bertz CT molecular complexity index is 326. The monoisotopic (exact) mass is 262 g/mol. The second-order valence-electron chi connectivity index (χ2n) is 4.86. The summed E-state index contributed by atoms with van der Waals surface area (Å²) in [7, 11) is -2.78. The number of nitrogens with zero attached hydrogens (tertiary/aromatic N) is 1. The summed E-state index contributed by atoms with van der Waals surface area (Å²) in [6, 6.07) is 0.162. The summed E-state index contributed by atoms with van der Waals surface area (Å²) in [4.78, 5) is 2.35. The van der Waals surface area contributed by atoms with Crippen LogP contribution in [0.5, 0.6) is 0 Å². The van der Waals surface area contributed by atoms with Crippen molar-refractivity contribution >= 4 is 9.84 Å². The molecule has 2 heterocycles. The second-order valence-corrected chi connectivity index (χ2v) is 7.09. The molecule has 0 spiro atoms. The topological polar surface area (TPSA) is 58.6 Å². The van der Waals surface area contributed by atoms with Crippen LogP contribution in [0.15, 0.2) is 0 Å². The third kappa shape index (κ3) is 4.54. The molecule has 1 N–H and O–H groups in total.